The predicted octanol–water partition coefficient (Wildman–Crippen LogP) is 3.71. The molecule has 4 aromatic rings. The van der Waals surface area contributed by atoms with Crippen molar-refractivity contribution in [3.8, 4) is 5.82 Å². The highest BCUT2D eigenvalue weighted by Gasteiger charge is 2.50. The van der Waals surface area contributed by atoms with Crippen LogP contribution in [0.5, 0.6) is 0 Å². The third-order valence-electron chi connectivity index (χ3n) is 8.83. The topological polar surface area (TPSA) is 110 Å². The van der Waals surface area contributed by atoms with E-state index in [1.165, 1.54) is 36.2 Å². The van der Waals surface area contributed by atoms with Crippen LogP contribution < -0.4 is 10.9 Å². The van der Waals surface area contributed by atoms with Crippen molar-refractivity contribution in [3.63, 3.8) is 0 Å². The van der Waals surface area contributed by atoms with Gasteiger partial charge in [-0.15, -0.1) is 6.58 Å². The van der Waals surface area contributed by atoms with E-state index >= 15 is 0 Å². The van der Waals surface area contributed by atoms with Crippen molar-refractivity contribution < 1.29 is 9.84 Å². The summed E-state index contributed by atoms with van der Waals surface area (Å²) in [5, 5.41) is 14.2. The molecular formula is C31H35N7O3. The van der Waals surface area contributed by atoms with Crippen LogP contribution in [0, 0.1) is 5.92 Å². The molecule has 4 aliphatic rings. The standard InChI is InChI=1S/C31H35N7O3/c1-4-14-37-29(39)22-17-32-30(35-28(22)38(37)25-7-5-6-24(34-25)31(2,3)40)33-21-10-8-19(9-11-21)23-18-41-27-20-12-15-36(16-13-20)26(23)27/h4-11,17,20,23,26-27,40H,1,12-16,18H2,2-3H3,(H,32,33,35). The fourth-order valence-electron chi connectivity index (χ4n) is 6.79. The van der Waals surface area contributed by atoms with Crippen LogP contribution >= 0.6 is 0 Å². The summed E-state index contributed by atoms with van der Waals surface area (Å²) in [5.74, 6) is 1.93. The minimum atomic E-state index is -1.14. The highest BCUT2D eigenvalue weighted by Crippen LogP contribution is 2.45. The average Bonchev–Trinajstić information content (AvgIpc) is 3.55. The molecule has 3 aromatic heterocycles. The van der Waals surface area contributed by atoms with Crippen LogP contribution in [-0.4, -0.2) is 66.2 Å². The molecule has 0 radical (unpaired) electrons. The molecular weight excluding hydrogens is 518 g/mol. The lowest BCUT2D eigenvalue weighted by Gasteiger charge is -2.48. The number of pyridine rings is 1. The molecule has 212 valence electrons. The normalized spacial score (nSPS) is 25.4. The van der Waals surface area contributed by atoms with Gasteiger partial charge in [0, 0.05) is 23.8 Å². The second-order valence-electron chi connectivity index (χ2n) is 11.9. The average molecular weight is 554 g/mol. The molecule has 4 fully saturated rings. The number of hydrogen-bond acceptors (Lipinski definition) is 8. The molecule has 0 amide bonds. The van der Waals surface area contributed by atoms with Gasteiger partial charge in [-0.05, 0) is 75.5 Å². The maximum atomic E-state index is 13.3. The van der Waals surface area contributed by atoms with Gasteiger partial charge < -0.3 is 15.2 Å². The van der Waals surface area contributed by atoms with E-state index in [0.717, 1.165) is 12.3 Å². The molecule has 0 spiro atoms. The zero-order valence-corrected chi connectivity index (χ0v) is 23.4. The van der Waals surface area contributed by atoms with E-state index in [4.69, 9.17) is 9.72 Å². The number of aromatic nitrogens is 5. The Bertz CT molecular complexity index is 1660. The van der Waals surface area contributed by atoms with Gasteiger partial charge in [-0.25, -0.2) is 19.3 Å². The van der Waals surface area contributed by atoms with E-state index in [0.29, 0.717) is 52.5 Å². The van der Waals surface area contributed by atoms with Crippen molar-refractivity contribution in [2.75, 3.05) is 25.0 Å². The number of nitrogens with one attached hydrogen (secondary N) is 1. The Balaban J connectivity index is 1.19. The highest BCUT2D eigenvalue weighted by atomic mass is 16.5. The van der Waals surface area contributed by atoms with Gasteiger partial charge in [0.1, 0.15) is 11.0 Å². The molecule has 7 heterocycles. The van der Waals surface area contributed by atoms with E-state index in [9.17, 15) is 9.90 Å². The van der Waals surface area contributed by atoms with Crippen LogP contribution in [0.15, 0.2) is 66.1 Å². The van der Waals surface area contributed by atoms with Crippen LogP contribution in [-0.2, 0) is 16.9 Å². The van der Waals surface area contributed by atoms with Crippen molar-refractivity contribution in [1.82, 2.24) is 29.2 Å². The van der Waals surface area contributed by atoms with Crippen LogP contribution in [0.4, 0.5) is 11.6 Å². The van der Waals surface area contributed by atoms with Crippen LogP contribution in [0.2, 0.25) is 0 Å². The summed E-state index contributed by atoms with van der Waals surface area (Å²) < 4.78 is 9.48. The molecule has 41 heavy (non-hydrogen) atoms. The largest absolute Gasteiger partial charge is 0.384 e. The van der Waals surface area contributed by atoms with E-state index in [-0.39, 0.29) is 12.1 Å². The fraction of sp³-hybridized carbons (Fsp3) is 0.419. The van der Waals surface area contributed by atoms with Gasteiger partial charge in [-0.3, -0.25) is 9.69 Å². The minimum absolute atomic E-state index is 0.240. The molecule has 10 heteroatoms. The van der Waals surface area contributed by atoms with Crippen molar-refractivity contribution in [3.05, 3.63) is 82.9 Å². The Hall–Kier alpha value is -3.86. The maximum Gasteiger partial charge on any atom is 0.278 e. The summed E-state index contributed by atoms with van der Waals surface area (Å²) in [6.07, 6.45) is 6.07. The first kappa shape index (κ1) is 26.1. The van der Waals surface area contributed by atoms with E-state index in [2.05, 4.69) is 51.0 Å². The summed E-state index contributed by atoms with van der Waals surface area (Å²) in [6.45, 7) is 10.6. The van der Waals surface area contributed by atoms with Gasteiger partial charge >= 0.3 is 0 Å². The minimum Gasteiger partial charge on any atom is -0.384 e. The first-order valence-corrected chi connectivity index (χ1v) is 14.3. The number of ether oxygens (including phenoxy) is 1. The number of aliphatic hydroxyl groups is 1. The molecule has 8 rings (SSSR count). The van der Waals surface area contributed by atoms with Gasteiger partial charge in [-0.2, -0.15) is 4.98 Å². The molecule has 3 atom stereocenters. The Morgan fingerprint density at radius 2 is 1.93 bits per heavy atom. The molecule has 3 unspecified atom stereocenters. The number of fused-ring (bicyclic) bond motifs is 3. The van der Waals surface area contributed by atoms with Gasteiger partial charge in [0.15, 0.2) is 11.5 Å². The summed E-state index contributed by atoms with van der Waals surface area (Å²) in [4.78, 5) is 29.7. The van der Waals surface area contributed by atoms with Crippen LogP contribution in [0.3, 0.4) is 0 Å². The Labute approximate surface area is 238 Å². The monoisotopic (exact) mass is 553 g/mol. The molecule has 0 aliphatic carbocycles. The van der Waals surface area contributed by atoms with E-state index < -0.39 is 5.60 Å². The first-order valence-electron chi connectivity index (χ1n) is 14.3. The first-order chi connectivity index (χ1) is 19.8. The zero-order chi connectivity index (χ0) is 28.3. The number of piperidine rings is 3. The predicted molar refractivity (Wildman–Crippen MR) is 157 cm³/mol. The Morgan fingerprint density at radius 1 is 1.15 bits per heavy atom. The second kappa shape index (κ2) is 9.90. The highest BCUT2D eigenvalue weighted by molar-refractivity contribution is 5.77. The van der Waals surface area contributed by atoms with Gasteiger partial charge in [0.05, 0.1) is 24.9 Å². The Kier molecular flexibility index (Phi) is 6.29. The van der Waals surface area contributed by atoms with E-state index in [1.807, 2.05) is 0 Å². The summed E-state index contributed by atoms with van der Waals surface area (Å²) in [7, 11) is 0. The summed E-state index contributed by atoms with van der Waals surface area (Å²) in [5.41, 5.74) is 1.67. The zero-order valence-electron chi connectivity index (χ0n) is 23.4. The fourth-order valence-corrected chi connectivity index (χ4v) is 6.79. The number of anilines is 2. The second-order valence-corrected chi connectivity index (χ2v) is 11.9. The lowest BCUT2D eigenvalue weighted by Crippen LogP contribution is -2.57. The van der Waals surface area contributed by atoms with Crippen LogP contribution in [0.1, 0.15) is 43.9 Å². The van der Waals surface area contributed by atoms with Gasteiger partial charge in [-0.1, -0.05) is 24.3 Å². The van der Waals surface area contributed by atoms with Crippen molar-refractivity contribution in [2.45, 2.75) is 56.9 Å². The molecule has 2 N–H and O–H groups in total. The number of benzene rings is 1. The number of allylic oxidation sites excluding steroid dienone is 1. The molecule has 4 saturated heterocycles. The smallest absolute Gasteiger partial charge is 0.278 e. The van der Waals surface area contributed by atoms with Crippen LogP contribution in [0.25, 0.3) is 16.9 Å². The van der Waals surface area contributed by atoms with Crippen molar-refractivity contribution in [2.24, 2.45) is 5.92 Å². The third kappa shape index (κ3) is 4.46. The molecule has 0 saturated carbocycles. The maximum absolute atomic E-state index is 13.3. The quantitative estimate of drug-likeness (QED) is 0.334. The lowest BCUT2D eigenvalue weighted by atomic mass is 9.76. The number of nitrogens with zero attached hydrogens (tertiary/aromatic N) is 6. The molecule has 4 aliphatic heterocycles. The molecule has 2 bridgehead atoms. The number of rotatable bonds is 7. The van der Waals surface area contributed by atoms with Crippen molar-refractivity contribution >= 4 is 22.7 Å². The number of hydrogen-bond donors (Lipinski definition) is 2. The third-order valence-corrected chi connectivity index (χ3v) is 8.83. The van der Waals surface area contributed by atoms with Crippen molar-refractivity contribution in [1.29, 1.82) is 0 Å². The van der Waals surface area contributed by atoms with Gasteiger partial charge in [0.2, 0.25) is 5.95 Å². The molecule has 10 nitrogen and oxygen atoms in total. The van der Waals surface area contributed by atoms with Gasteiger partial charge in [0.25, 0.3) is 5.56 Å². The molecule has 1 aromatic carbocycles. The lowest BCUT2D eigenvalue weighted by molar-refractivity contribution is -0.0565. The summed E-state index contributed by atoms with van der Waals surface area (Å²) >= 11 is 0. The Morgan fingerprint density at radius 3 is 2.66 bits per heavy atom. The SMILES string of the molecule is C=CCn1c(=O)c2cnc(Nc3ccc(C4COC5C6CCN(CC6)C45)cc3)nc2n1-c1cccc(C(C)(C)O)n1. The summed E-state index contributed by atoms with van der Waals surface area (Å²) in [6, 6.07) is 14.3. The van der Waals surface area contributed by atoms with E-state index in [1.54, 1.807) is 49.0 Å².